The van der Waals surface area contributed by atoms with Crippen LogP contribution in [0.4, 0.5) is 11.4 Å². The third-order valence-electron chi connectivity index (χ3n) is 6.55. The molecule has 0 saturated heterocycles. The van der Waals surface area contributed by atoms with Crippen molar-refractivity contribution in [2.45, 2.75) is 37.8 Å². The van der Waals surface area contributed by atoms with Crippen molar-refractivity contribution in [2.75, 3.05) is 12.2 Å². The van der Waals surface area contributed by atoms with E-state index in [1.807, 2.05) is 18.2 Å². The Morgan fingerprint density at radius 2 is 1.94 bits per heavy atom. The van der Waals surface area contributed by atoms with Crippen molar-refractivity contribution in [1.82, 2.24) is 0 Å². The quantitative estimate of drug-likeness (QED) is 0.706. The predicted octanol–water partition coefficient (Wildman–Crippen LogP) is 3.29. The highest BCUT2D eigenvalue weighted by Crippen LogP contribution is 2.36. The molecule has 8 heteroatoms. The number of aliphatic imine (C=N–C) groups is 2. The molecule has 2 unspecified atom stereocenters. The normalized spacial score (nSPS) is 23.7. The van der Waals surface area contributed by atoms with Crippen LogP contribution in [0.15, 0.2) is 76.0 Å². The summed E-state index contributed by atoms with van der Waals surface area (Å²) >= 11 is 0. The second-order valence-electron chi connectivity index (χ2n) is 8.59. The molecule has 2 N–H and O–H groups in total. The molecule has 2 heterocycles. The number of para-hydroxylation sites is 2. The van der Waals surface area contributed by atoms with Crippen molar-refractivity contribution >= 4 is 22.9 Å². The zero-order valence-corrected chi connectivity index (χ0v) is 18.2. The molecule has 2 aromatic rings. The number of amidine groups is 1. The molecule has 0 aromatic heterocycles. The van der Waals surface area contributed by atoms with Gasteiger partial charge in [0.25, 0.3) is 0 Å². The number of anilines is 1. The van der Waals surface area contributed by atoms with E-state index < -0.39 is 0 Å². The van der Waals surface area contributed by atoms with E-state index in [4.69, 9.17) is 19.5 Å². The maximum absolute atomic E-state index is 13.0. The molecule has 33 heavy (non-hydrogen) atoms. The van der Waals surface area contributed by atoms with Gasteiger partial charge in [0.05, 0.1) is 18.9 Å². The smallest absolute Gasteiger partial charge is 0.162 e. The Bertz CT molecular complexity index is 1240. The number of nitrogens with one attached hydrogen (secondary N) is 1. The number of ether oxygens (including phenoxy) is 2. The van der Waals surface area contributed by atoms with Gasteiger partial charge < -0.3 is 19.7 Å². The average molecular weight is 444 g/mol. The summed E-state index contributed by atoms with van der Waals surface area (Å²) < 4.78 is 11.7. The molecule has 0 spiro atoms. The number of quaternary nitrogens is 1. The van der Waals surface area contributed by atoms with Crippen molar-refractivity contribution in [3.8, 4) is 11.5 Å². The van der Waals surface area contributed by atoms with Gasteiger partial charge in [0.1, 0.15) is 17.4 Å². The van der Waals surface area contributed by atoms with E-state index in [0.717, 1.165) is 29.2 Å². The van der Waals surface area contributed by atoms with Crippen LogP contribution in [-0.2, 0) is 0 Å². The van der Waals surface area contributed by atoms with Crippen LogP contribution >= 0.6 is 0 Å². The van der Waals surface area contributed by atoms with Gasteiger partial charge in [-0.2, -0.15) is 0 Å². The fourth-order valence-electron chi connectivity index (χ4n) is 4.84. The fourth-order valence-corrected chi connectivity index (χ4v) is 4.84. The van der Waals surface area contributed by atoms with Gasteiger partial charge in [0.15, 0.2) is 28.7 Å². The first-order chi connectivity index (χ1) is 16.1. The van der Waals surface area contributed by atoms with Crippen molar-refractivity contribution < 1.29 is 19.7 Å². The fraction of sp³-hybridized carbons (Fsp3) is 0.280. The number of hydrogen-bond donors (Lipinski definition) is 2. The summed E-state index contributed by atoms with van der Waals surface area (Å²) in [6.07, 6.45) is 8.29. The highest BCUT2D eigenvalue weighted by Gasteiger charge is 2.37. The van der Waals surface area contributed by atoms with Crippen LogP contribution in [-0.4, -0.2) is 36.0 Å². The second kappa shape index (κ2) is 7.84. The maximum atomic E-state index is 13.0. The molecule has 1 saturated carbocycles. The summed E-state index contributed by atoms with van der Waals surface area (Å²) in [4.78, 5) is 9.43. The maximum Gasteiger partial charge on any atom is 0.162 e. The minimum atomic E-state index is -0.373. The lowest BCUT2D eigenvalue weighted by atomic mass is 10.00. The van der Waals surface area contributed by atoms with Gasteiger partial charge in [-0.05, 0) is 56.0 Å². The van der Waals surface area contributed by atoms with Crippen LogP contribution in [0, 0.1) is 5.21 Å². The first kappa shape index (κ1) is 20.2. The van der Waals surface area contributed by atoms with Crippen LogP contribution < -0.4 is 19.6 Å². The lowest BCUT2D eigenvalue weighted by molar-refractivity contribution is -0.729. The first-order valence-corrected chi connectivity index (χ1v) is 11.2. The molecule has 0 radical (unpaired) electrons. The summed E-state index contributed by atoms with van der Waals surface area (Å²) in [5.74, 6) is 1.93. The first-order valence-electron chi connectivity index (χ1n) is 11.2. The molecule has 2 atom stereocenters. The standard InChI is InChI=1S/C25H24N4O4/c1-32-24-12-15(10-11-23(24)33-16-6-2-3-7-16)25-26-17-13-21-22(14-18(17)27-25)29(31)20-9-5-4-8-19(20)28(21)30/h4-5,8-14,16-17,28,31H,2-3,6-7H2,1H3. The second-order valence-corrected chi connectivity index (χ2v) is 8.59. The van der Waals surface area contributed by atoms with Gasteiger partial charge in [-0.3, -0.25) is 10.2 Å². The van der Waals surface area contributed by atoms with E-state index in [0.29, 0.717) is 40.1 Å². The molecule has 1 fully saturated rings. The number of methoxy groups -OCH3 is 1. The largest absolute Gasteiger partial charge is 0.623 e. The summed E-state index contributed by atoms with van der Waals surface area (Å²) in [5, 5.41) is 24.7. The topological polar surface area (TPSA) is 94.2 Å². The summed E-state index contributed by atoms with van der Waals surface area (Å²) in [5.41, 5.74) is 3.27. The molecule has 6 rings (SSSR count). The highest BCUT2D eigenvalue weighted by atomic mass is 16.5. The van der Waals surface area contributed by atoms with Crippen LogP contribution in [0.2, 0.25) is 0 Å². The number of hydroxylamine groups is 2. The van der Waals surface area contributed by atoms with Gasteiger partial charge in [-0.15, -0.1) is 0 Å². The molecular formula is C25H24N4O4. The van der Waals surface area contributed by atoms with Crippen LogP contribution in [0.1, 0.15) is 31.2 Å². The number of nitrogens with zero attached hydrogens (tertiary/aromatic N) is 3. The van der Waals surface area contributed by atoms with Gasteiger partial charge in [-0.1, -0.05) is 12.1 Å². The summed E-state index contributed by atoms with van der Waals surface area (Å²) in [6.45, 7) is 0. The highest BCUT2D eigenvalue weighted by molar-refractivity contribution is 6.18. The molecule has 4 aliphatic rings. The number of fused-ring (bicyclic) bond motifs is 3. The Kier molecular flexibility index (Phi) is 4.79. The zero-order chi connectivity index (χ0) is 22.5. The van der Waals surface area contributed by atoms with E-state index in [9.17, 15) is 10.4 Å². The van der Waals surface area contributed by atoms with Gasteiger partial charge >= 0.3 is 0 Å². The Morgan fingerprint density at radius 1 is 1.12 bits per heavy atom. The predicted molar refractivity (Wildman–Crippen MR) is 125 cm³/mol. The van der Waals surface area contributed by atoms with Crippen molar-refractivity contribution in [3.05, 3.63) is 76.8 Å². The van der Waals surface area contributed by atoms with Gasteiger partial charge in [-0.25, -0.2) is 10.1 Å². The van der Waals surface area contributed by atoms with Crippen LogP contribution in [0.5, 0.6) is 11.5 Å². The molecule has 2 aromatic carbocycles. The lowest BCUT2D eigenvalue weighted by Gasteiger charge is -2.37. The molecule has 168 valence electrons. The third kappa shape index (κ3) is 3.34. The number of benzene rings is 2. The van der Waals surface area contributed by atoms with E-state index in [2.05, 4.69) is 0 Å². The lowest BCUT2D eigenvalue weighted by Crippen LogP contribution is -3.01. The molecule has 2 aliphatic heterocycles. The molecule has 0 bridgehead atoms. The summed E-state index contributed by atoms with van der Waals surface area (Å²) in [7, 11) is 1.63. The van der Waals surface area contributed by atoms with E-state index in [1.165, 1.54) is 12.8 Å². The van der Waals surface area contributed by atoms with Gasteiger partial charge in [0.2, 0.25) is 0 Å². The third-order valence-corrected chi connectivity index (χ3v) is 6.55. The number of rotatable bonds is 4. The molecular weight excluding hydrogens is 420 g/mol. The Labute approximate surface area is 191 Å². The Hall–Kier alpha value is -3.46. The molecule has 0 amide bonds. The van der Waals surface area contributed by atoms with Crippen LogP contribution in [0.25, 0.3) is 0 Å². The van der Waals surface area contributed by atoms with E-state index in [1.54, 1.807) is 43.5 Å². The zero-order valence-electron chi connectivity index (χ0n) is 18.2. The minimum absolute atomic E-state index is 0.125. The van der Waals surface area contributed by atoms with E-state index >= 15 is 0 Å². The van der Waals surface area contributed by atoms with Crippen molar-refractivity contribution in [1.29, 1.82) is 0 Å². The monoisotopic (exact) mass is 444 g/mol. The van der Waals surface area contributed by atoms with E-state index in [-0.39, 0.29) is 17.2 Å². The molecule has 8 nitrogen and oxygen atoms in total. The van der Waals surface area contributed by atoms with Crippen LogP contribution in [0.3, 0.4) is 0 Å². The summed E-state index contributed by atoms with van der Waals surface area (Å²) in [6, 6.07) is 12.4. The average Bonchev–Trinajstić information content (AvgIpc) is 3.51. The Morgan fingerprint density at radius 3 is 2.76 bits per heavy atom. The van der Waals surface area contributed by atoms with Crippen molar-refractivity contribution in [3.63, 3.8) is 0 Å². The van der Waals surface area contributed by atoms with Crippen molar-refractivity contribution in [2.24, 2.45) is 9.98 Å². The minimum Gasteiger partial charge on any atom is -0.623 e. The Balaban J connectivity index is 1.32. The number of hydrogen-bond acceptors (Lipinski definition) is 7. The molecule has 2 aliphatic carbocycles. The SMILES string of the molecule is COc1cc(C2=NC3C=C4C(=CC3=N2)N(O)c2ccccc2[NH+]4[O-])ccc1OC1CCCC1. The van der Waals surface area contributed by atoms with Gasteiger partial charge in [0, 0.05) is 17.7 Å².